The Labute approximate surface area is 190 Å². The number of carbonyl (C=O) groups excluding carboxylic acids is 3. The molecule has 6 heteroatoms. The van der Waals surface area contributed by atoms with Gasteiger partial charge in [0.15, 0.2) is 0 Å². The first-order valence-corrected chi connectivity index (χ1v) is 11.6. The summed E-state index contributed by atoms with van der Waals surface area (Å²) < 4.78 is 0. The molecule has 3 amide bonds. The number of hydrogen-bond acceptors (Lipinski definition) is 4. The molecule has 3 aromatic carbocycles. The first-order chi connectivity index (χ1) is 15.6. The Morgan fingerprint density at radius 1 is 0.875 bits per heavy atom. The molecule has 1 saturated heterocycles. The maximum atomic E-state index is 12.7. The number of hydrogen-bond donors (Lipinski definition) is 1. The molecule has 5 rings (SSSR count). The molecule has 1 N–H and O–H groups in total. The molecule has 0 bridgehead atoms. The van der Waals surface area contributed by atoms with Gasteiger partial charge < -0.3 is 5.32 Å². The molecule has 1 fully saturated rings. The van der Waals surface area contributed by atoms with E-state index in [9.17, 15) is 14.4 Å². The minimum absolute atomic E-state index is 0.0872. The maximum Gasteiger partial charge on any atom is 0.238 e. The summed E-state index contributed by atoms with van der Waals surface area (Å²) in [4.78, 5) is 40.1. The third-order valence-corrected chi connectivity index (χ3v) is 7.02. The topological polar surface area (TPSA) is 66.5 Å². The summed E-state index contributed by atoms with van der Waals surface area (Å²) in [6, 6.07) is 21.1. The highest BCUT2D eigenvalue weighted by molar-refractivity contribution is 8.00. The van der Waals surface area contributed by atoms with Gasteiger partial charge in [-0.15, -0.1) is 11.8 Å². The third-order valence-electron chi connectivity index (χ3n) is 6.01. The van der Waals surface area contributed by atoms with E-state index >= 15 is 0 Å². The van der Waals surface area contributed by atoms with Crippen molar-refractivity contribution in [2.45, 2.75) is 17.7 Å². The van der Waals surface area contributed by atoms with Crippen LogP contribution in [-0.4, -0.2) is 23.5 Å². The molecule has 32 heavy (non-hydrogen) atoms. The highest BCUT2D eigenvalue weighted by atomic mass is 32.2. The van der Waals surface area contributed by atoms with Crippen molar-refractivity contribution in [3.8, 4) is 0 Å². The summed E-state index contributed by atoms with van der Waals surface area (Å²) in [6.45, 7) is 0. The van der Waals surface area contributed by atoms with Gasteiger partial charge >= 0.3 is 0 Å². The molecule has 2 atom stereocenters. The minimum Gasteiger partial charge on any atom is -0.325 e. The van der Waals surface area contributed by atoms with Gasteiger partial charge in [-0.1, -0.05) is 42.5 Å². The van der Waals surface area contributed by atoms with Crippen molar-refractivity contribution in [2.75, 3.05) is 16.0 Å². The van der Waals surface area contributed by atoms with E-state index in [1.54, 1.807) is 12.1 Å². The molecule has 1 heterocycles. The normalized spacial score (nSPS) is 19.9. The number of amides is 3. The highest BCUT2D eigenvalue weighted by Crippen LogP contribution is 2.38. The summed E-state index contributed by atoms with van der Waals surface area (Å²) in [6.07, 6.45) is 5.23. The fraction of sp³-hybridized carbons (Fsp3) is 0.192. The number of nitrogens with one attached hydrogen (secondary N) is 1. The van der Waals surface area contributed by atoms with E-state index in [0.717, 1.165) is 21.4 Å². The average molecular weight is 443 g/mol. The molecule has 0 unspecified atom stereocenters. The van der Waals surface area contributed by atoms with Crippen LogP contribution in [0.3, 0.4) is 0 Å². The van der Waals surface area contributed by atoms with E-state index in [0.29, 0.717) is 18.5 Å². The Kier molecular flexibility index (Phi) is 5.53. The number of rotatable bonds is 5. The molecule has 5 nitrogen and oxygen atoms in total. The molecule has 2 aliphatic rings. The zero-order valence-corrected chi connectivity index (χ0v) is 18.2. The van der Waals surface area contributed by atoms with Crippen LogP contribution in [0.25, 0.3) is 10.8 Å². The second kappa shape index (κ2) is 8.63. The molecule has 1 aliphatic heterocycles. The Balaban J connectivity index is 1.20. The molecule has 1 aliphatic carbocycles. The van der Waals surface area contributed by atoms with Crippen molar-refractivity contribution in [2.24, 2.45) is 11.8 Å². The lowest BCUT2D eigenvalue weighted by Gasteiger charge is -2.15. The molecular formula is C26H22N2O3S. The lowest BCUT2D eigenvalue weighted by Crippen LogP contribution is -2.30. The van der Waals surface area contributed by atoms with Crippen molar-refractivity contribution in [1.82, 2.24) is 0 Å². The summed E-state index contributed by atoms with van der Waals surface area (Å²) >= 11 is 1.41. The Bertz CT molecular complexity index is 1210. The van der Waals surface area contributed by atoms with Crippen LogP contribution in [0, 0.1) is 11.8 Å². The molecular weight excluding hydrogens is 420 g/mol. The zero-order valence-electron chi connectivity index (χ0n) is 17.4. The van der Waals surface area contributed by atoms with E-state index in [2.05, 4.69) is 5.32 Å². The Morgan fingerprint density at radius 2 is 1.53 bits per heavy atom. The molecule has 3 aromatic rings. The number of thioether (sulfide) groups is 1. The number of allylic oxidation sites excluding steroid dienone is 2. The maximum absolute atomic E-state index is 12.7. The quantitative estimate of drug-likeness (QED) is 0.342. The van der Waals surface area contributed by atoms with E-state index in [1.807, 2.05) is 66.7 Å². The fourth-order valence-corrected chi connectivity index (χ4v) is 5.06. The Morgan fingerprint density at radius 3 is 2.22 bits per heavy atom. The van der Waals surface area contributed by atoms with Crippen LogP contribution >= 0.6 is 11.8 Å². The van der Waals surface area contributed by atoms with Crippen molar-refractivity contribution in [1.29, 1.82) is 0 Å². The van der Waals surface area contributed by atoms with Crippen molar-refractivity contribution < 1.29 is 14.4 Å². The molecule has 0 radical (unpaired) electrons. The van der Waals surface area contributed by atoms with Crippen LogP contribution in [0.5, 0.6) is 0 Å². The smallest absolute Gasteiger partial charge is 0.238 e. The number of imide groups is 1. The van der Waals surface area contributed by atoms with Crippen LogP contribution in [0.2, 0.25) is 0 Å². The molecule has 0 spiro atoms. The fourth-order valence-electron chi connectivity index (χ4n) is 4.36. The van der Waals surface area contributed by atoms with Crippen LogP contribution in [0.4, 0.5) is 11.4 Å². The van der Waals surface area contributed by atoms with Gasteiger partial charge in [-0.3, -0.25) is 19.3 Å². The van der Waals surface area contributed by atoms with E-state index in [-0.39, 0.29) is 35.3 Å². The molecule has 0 aromatic heterocycles. The van der Waals surface area contributed by atoms with Crippen LogP contribution in [0.15, 0.2) is 83.8 Å². The molecule has 160 valence electrons. The number of fused-ring (bicyclic) bond motifs is 2. The van der Waals surface area contributed by atoms with Gasteiger partial charge in [-0.25, -0.2) is 0 Å². The minimum atomic E-state index is -0.236. The third kappa shape index (κ3) is 3.94. The van der Waals surface area contributed by atoms with Gasteiger partial charge in [-0.2, -0.15) is 0 Å². The van der Waals surface area contributed by atoms with Crippen molar-refractivity contribution in [3.63, 3.8) is 0 Å². The zero-order chi connectivity index (χ0) is 22.1. The number of nitrogens with zero attached hydrogens (tertiary/aromatic N) is 1. The second-order valence-electron chi connectivity index (χ2n) is 8.06. The molecule has 0 saturated carbocycles. The lowest BCUT2D eigenvalue weighted by molar-refractivity contribution is -0.122. The number of benzene rings is 3. The predicted molar refractivity (Wildman–Crippen MR) is 128 cm³/mol. The Hall–Kier alpha value is -3.38. The first kappa shape index (κ1) is 20.5. The van der Waals surface area contributed by atoms with Crippen LogP contribution in [-0.2, 0) is 14.4 Å². The second-order valence-corrected chi connectivity index (χ2v) is 9.11. The standard InChI is InChI=1S/C26H22N2O3S/c29-24(27-19-10-9-17-5-1-2-6-18(17)15-19)16-32-21-13-11-20(12-14-21)28-25(30)22-7-3-4-8-23(22)26(28)31/h1-6,9-15,22-23H,7-8,16H2,(H,27,29)/t22-,23+. The summed E-state index contributed by atoms with van der Waals surface area (Å²) in [7, 11) is 0. The number of anilines is 2. The van der Waals surface area contributed by atoms with E-state index in [4.69, 9.17) is 0 Å². The average Bonchev–Trinajstić information content (AvgIpc) is 3.08. The lowest BCUT2D eigenvalue weighted by atomic mass is 9.85. The van der Waals surface area contributed by atoms with Gasteiger partial charge in [0.1, 0.15) is 0 Å². The monoisotopic (exact) mass is 442 g/mol. The van der Waals surface area contributed by atoms with Gasteiger partial charge in [0, 0.05) is 10.6 Å². The SMILES string of the molecule is O=C(CSc1ccc(N2C(=O)[C@H]3CC=CC[C@H]3C2=O)cc1)Nc1ccc2ccccc2c1. The van der Waals surface area contributed by atoms with Crippen molar-refractivity contribution >= 4 is 51.6 Å². The van der Waals surface area contributed by atoms with Gasteiger partial charge in [-0.05, 0) is 60.0 Å². The van der Waals surface area contributed by atoms with Gasteiger partial charge in [0.05, 0.1) is 23.3 Å². The van der Waals surface area contributed by atoms with E-state index < -0.39 is 0 Å². The summed E-state index contributed by atoms with van der Waals surface area (Å²) in [5.74, 6) is -0.514. The van der Waals surface area contributed by atoms with Crippen LogP contribution in [0.1, 0.15) is 12.8 Å². The highest BCUT2D eigenvalue weighted by Gasteiger charge is 2.47. The first-order valence-electron chi connectivity index (χ1n) is 10.6. The van der Waals surface area contributed by atoms with Gasteiger partial charge in [0.2, 0.25) is 17.7 Å². The largest absolute Gasteiger partial charge is 0.325 e. The predicted octanol–water partition coefficient (Wildman–Crippen LogP) is 5.03. The van der Waals surface area contributed by atoms with Gasteiger partial charge in [0.25, 0.3) is 0 Å². The van der Waals surface area contributed by atoms with Crippen LogP contribution < -0.4 is 10.2 Å². The summed E-state index contributed by atoms with van der Waals surface area (Å²) in [5.41, 5.74) is 1.37. The summed E-state index contributed by atoms with van der Waals surface area (Å²) in [5, 5.41) is 5.15. The number of carbonyl (C=O) groups is 3. The van der Waals surface area contributed by atoms with E-state index in [1.165, 1.54) is 16.7 Å². The van der Waals surface area contributed by atoms with Crippen molar-refractivity contribution in [3.05, 3.63) is 78.9 Å².